The Labute approximate surface area is 112 Å². The fourth-order valence-corrected chi connectivity index (χ4v) is 4.49. The number of nitrogens with zero attached hydrogens (tertiary/aromatic N) is 1. The van der Waals surface area contributed by atoms with Crippen molar-refractivity contribution in [3.63, 3.8) is 0 Å². The van der Waals surface area contributed by atoms with Crippen molar-refractivity contribution in [1.82, 2.24) is 15.5 Å². The number of thioether (sulfide) groups is 2. The fraction of sp³-hybridized carbons (Fsp3) is 0.750. The Morgan fingerprint density at radius 1 is 1.47 bits per heavy atom. The first-order valence-electron chi connectivity index (χ1n) is 6.16. The molecule has 0 aromatic carbocycles. The summed E-state index contributed by atoms with van der Waals surface area (Å²) in [6.45, 7) is 4.30. The quantitative estimate of drug-likeness (QED) is 0.880. The lowest BCUT2D eigenvalue weighted by atomic mass is 10.1. The largest absolute Gasteiger partial charge is 0.309 e. The van der Waals surface area contributed by atoms with Crippen molar-refractivity contribution < 1.29 is 0 Å². The molecule has 1 atom stereocenters. The summed E-state index contributed by atoms with van der Waals surface area (Å²) < 4.78 is 0. The Hall–Kier alpha value is -0.130. The average molecular weight is 271 g/mol. The van der Waals surface area contributed by atoms with E-state index in [-0.39, 0.29) is 0 Å². The third kappa shape index (κ3) is 4.56. The zero-order valence-corrected chi connectivity index (χ0v) is 12.2. The van der Waals surface area contributed by atoms with E-state index < -0.39 is 0 Å². The first-order chi connectivity index (χ1) is 8.24. The summed E-state index contributed by atoms with van der Waals surface area (Å²) in [4.78, 5) is 0. The van der Waals surface area contributed by atoms with Gasteiger partial charge in [0.2, 0.25) is 0 Å². The summed E-state index contributed by atoms with van der Waals surface area (Å²) in [5.74, 6) is 5.10. The van der Waals surface area contributed by atoms with E-state index >= 15 is 0 Å². The first kappa shape index (κ1) is 13.3. The smallest absolute Gasteiger partial charge is 0.0640 e. The molecule has 0 saturated carbocycles. The molecule has 96 valence electrons. The Morgan fingerprint density at radius 3 is 2.76 bits per heavy atom. The highest BCUT2D eigenvalue weighted by Gasteiger charge is 2.15. The van der Waals surface area contributed by atoms with Crippen LogP contribution in [-0.4, -0.2) is 45.3 Å². The number of rotatable bonds is 4. The van der Waals surface area contributed by atoms with Gasteiger partial charge in [0.1, 0.15) is 0 Å². The van der Waals surface area contributed by atoms with E-state index in [0.29, 0.717) is 12.1 Å². The van der Waals surface area contributed by atoms with Gasteiger partial charge in [0.05, 0.1) is 5.69 Å². The molecule has 1 aliphatic heterocycles. The van der Waals surface area contributed by atoms with E-state index in [1.807, 2.05) is 6.92 Å². The number of hydrogen-bond donors (Lipinski definition) is 2. The third-order valence-electron chi connectivity index (χ3n) is 2.80. The molecule has 0 radical (unpaired) electrons. The lowest BCUT2D eigenvalue weighted by Crippen LogP contribution is -2.40. The van der Waals surface area contributed by atoms with Crippen LogP contribution in [0.25, 0.3) is 0 Å². The molecule has 1 aromatic rings. The molecule has 3 nitrogen and oxygen atoms in total. The molecular weight excluding hydrogens is 250 g/mol. The van der Waals surface area contributed by atoms with E-state index in [0.717, 1.165) is 17.8 Å². The van der Waals surface area contributed by atoms with Gasteiger partial charge in [0, 0.05) is 47.2 Å². The number of aromatic nitrogens is 2. The van der Waals surface area contributed by atoms with Gasteiger partial charge in [0.25, 0.3) is 0 Å². The van der Waals surface area contributed by atoms with Crippen LogP contribution in [0.5, 0.6) is 0 Å². The maximum absolute atomic E-state index is 4.29. The van der Waals surface area contributed by atoms with Crippen LogP contribution in [0, 0.1) is 6.92 Å². The van der Waals surface area contributed by atoms with Crippen molar-refractivity contribution in [2.24, 2.45) is 0 Å². The van der Waals surface area contributed by atoms with Crippen molar-refractivity contribution in [2.45, 2.75) is 32.4 Å². The Kier molecular flexibility index (Phi) is 5.25. The minimum Gasteiger partial charge on any atom is -0.309 e. The van der Waals surface area contributed by atoms with E-state index in [4.69, 9.17) is 0 Å². The molecule has 5 heteroatoms. The highest BCUT2D eigenvalue weighted by Crippen LogP contribution is 2.17. The summed E-state index contributed by atoms with van der Waals surface area (Å²) in [7, 11) is 0. The SMILES string of the molecule is Cc1cc(CC(C)NC2CSCCSC2)n[nH]1. The normalized spacial score (nSPS) is 20.1. The van der Waals surface area contributed by atoms with Gasteiger partial charge in [-0.15, -0.1) is 0 Å². The minimum absolute atomic E-state index is 0.502. The molecular formula is C12H21N3S2. The molecule has 2 heterocycles. The van der Waals surface area contributed by atoms with Crippen LogP contribution in [0.3, 0.4) is 0 Å². The molecule has 0 amide bonds. The number of nitrogens with one attached hydrogen (secondary N) is 2. The molecule has 1 unspecified atom stereocenters. The van der Waals surface area contributed by atoms with Crippen LogP contribution in [0.2, 0.25) is 0 Å². The molecule has 0 aliphatic carbocycles. The van der Waals surface area contributed by atoms with Crippen LogP contribution >= 0.6 is 23.5 Å². The monoisotopic (exact) mass is 271 g/mol. The molecule has 0 spiro atoms. The van der Waals surface area contributed by atoms with E-state index in [1.54, 1.807) is 0 Å². The molecule has 0 bridgehead atoms. The summed E-state index contributed by atoms with van der Waals surface area (Å²) in [6, 6.07) is 3.29. The van der Waals surface area contributed by atoms with E-state index in [2.05, 4.69) is 52.0 Å². The van der Waals surface area contributed by atoms with Crippen molar-refractivity contribution >= 4 is 23.5 Å². The predicted octanol–water partition coefficient (Wildman–Crippen LogP) is 2.09. The molecule has 2 rings (SSSR count). The van der Waals surface area contributed by atoms with E-state index in [9.17, 15) is 0 Å². The molecule has 1 aliphatic rings. The third-order valence-corrected chi connectivity index (χ3v) is 5.32. The zero-order chi connectivity index (χ0) is 12.1. The van der Waals surface area contributed by atoms with Crippen molar-refractivity contribution in [3.8, 4) is 0 Å². The van der Waals surface area contributed by atoms with Gasteiger partial charge in [-0.1, -0.05) is 0 Å². The second-order valence-electron chi connectivity index (χ2n) is 4.66. The molecule has 2 N–H and O–H groups in total. The lowest BCUT2D eigenvalue weighted by molar-refractivity contribution is 0.493. The second-order valence-corrected chi connectivity index (χ2v) is 6.96. The zero-order valence-electron chi connectivity index (χ0n) is 10.5. The highest BCUT2D eigenvalue weighted by atomic mass is 32.2. The Bertz CT molecular complexity index is 332. The average Bonchev–Trinajstić information content (AvgIpc) is 2.53. The van der Waals surface area contributed by atoms with Crippen LogP contribution in [0.15, 0.2) is 6.07 Å². The van der Waals surface area contributed by atoms with Crippen molar-refractivity contribution in [1.29, 1.82) is 0 Å². The Morgan fingerprint density at radius 2 is 2.18 bits per heavy atom. The number of hydrogen-bond acceptors (Lipinski definition) is 4. The van der Waals surface area contributed by atoms with Gasteiger partial charge >= 0.3 is 0 Å². The molecule has 1 saturated heterocycles. The highest BCUT2D eigenvalue weighted by molar-refractivity contribution is 8.03. The van der Waals surface area contributed by atoms with Crippen LogP contribution in [0.4, 0.5) is 0 Å². The molecule has 1 fully saturated rings. The van der Waals surface area contributed by atoms with Crippen molar-refractivity contribution in [3.05, 3.63) is 17.5 Å². The van der Waals surface area contributed by atoms with Gasteiger partial charge in [-0.2, -0.15) is 28.6 Å². The lowest BCUT2D eigenvalue weighted by Gasteiger charge is -2.20. The summed E-state index contributed by atoms with van der Waals surface area (Å²) in [6.07, 6.45) is 1.01. The van der Waals surface area contributed by atoms with Crippen LogP contribution in [-0.2, 0) is 6.42 Å². The number of aromatic amines is 1. The van der Waals surface area contributed by atoms with Gasteiger partial charge in [-0.3, -0.25) is 5.10 Å². The number of aryl methyl sites for hydroxylation is 1. The molecule has 17 heavy (non-hydrogen) atoms. The van der Waals surface area contributed by atoms with Gasteiger partial charge in [-0.25, -0.2) is 0 Å². The summed E-state index contributed by atoms with van der Waals surface area (Å²) >= 11 is 4.14. The summed E-state index contributed by atoms with van der Waals surface area (Å²) in [5, 5.41) is 11.0. The fourth-order valence-electron chi connectivity index (χ4n) is 2.07. The minimum atomic E-state index is 0.502. The predicted molar refractivity (Wildman–Crippen MR) is 78.1 cm³/mol. The van der Waals surface area contributed by atoms with Gasteiger partial charge in [-0.05, 0) is 19.9 Å². The molecule has 1 aromatic heterocycles. The first-order valence-corrected chi connectivity index (χ1v) is 8.47. The van der Waals surface area contributed by atoms with Gasteiger partial charge in [0.15, 0.2) is 0 Å². The number of H-pyrrole nitrogens is 1. The van der Waals surface area contributed by atoms with Crippen molar-refractivity contribution in [2.75, 3.05) is 23.0 Å². The standard InChI is InChI=1S/C12H21N3S2/c1-9(5-11-6-10(2)14-15-11)13-12-7-16-3-4-17-8-12/h6,9,12-13H,3-5,7-8H2,1-2H3,(H,14,15). The van der Waals surface area contributed by atoms with Gasteiger partial charge < -0.3 is 5.32 Å². The maximum atomic E-state index is 4.29. The van der Waals surface area contributed by atoms with E-state index in [1.165, 1.54) is 23.0 Å². The summed E-state index contributed by atoms with van der Waals surface area (Å²) in [5.41, 5.74) is 2.31. The topological polar surface area (TPSA) is 40.7 Å². The maximum Gasteiger partial charge on any atom is 0.0640 e. The second kappa shape index (κ2) is 6.71. The van der Waals surface area contributed by atoms with Crippen LogP contribution < -0.4 is 5.32 Å². The Balaban J connectivity index is 1.77. The van der Waals surface area contributed by atoms with Crippen LogP contribution in [0.1, 0.15) is 18.3 Å².